The minimum absolute atomic E-state index is 0.186. The molecule has 1 N–H and O–H groups in total. The van der Waals surface area contributed by atoms with Crippen LogP contribution in [-0.4, -0.2) is 36.2 Å². The highest BCUT2D eigenvalue weighted by molar-refractivity contribution is 7.89. The van der Waals surface area contributed by atoms with Crippen molar-refractivity contribution in [3.05, 3.63) is 41.2 Å². The number of halogens is 1. The molecule has 1 amide bonds. The number of anilines is 1. The van der Waals surface area contributed by atoms with Gasteiger partial charge in [-0.05, 0) is 31.9 Å². The SMILES string of the molecule is Cc1csc(NC(=O)C2CCCN2S(=O)(=O)c2ccccc2F)n1. The normalized spacial score (nSPS) is 18.7. The van der Waals surface area contributed by atoms with E-state index < -0.39 is 32.7 Å². The maximum atomic E-state index is 13.9. The van der Waals surface area contributed by atoms with Gasteiger partial charge in [0.1, 0.15) is 16.8 Å². The van der Waals surface area contributed by atoms with Gasteiger partial charge in [0, 0.05) is 11.9 Å². The van der Waals surface area contributed by atoms with Gasteiger partial charge in [-0.2, -0.15) is 4.31 Å². The number of amides is 1. The van der Waals surface area contributed by atoms with E-state index in [2.05, 4.69) is 10.3 Å². The molecule has 0 spiro atoms. The number of nitrogens with zero attached hydrogens (tertiary/aromatic N) is 2. The first kappa shape index (κ1) is 17.0. The molecule has 6 nitrogen and oxygen atoms in total. The van der Waals surface area contributed by atoms with Crippen molar-refractivity contribution < 1.29 is 17.6 Å². The van der Waals surface area contributed by atoms with Crippen molar-refractivity contribution in [2.24, 2.45) is 0 Å². The number of carbonyl (C=O) groups is 1. The topological polar surface area (TPSA) is 79.4 Å². The molecule has 1 saturated heterocycles. The van der Waals surface area contributed by atoms with Gasteiger partial charge >= 0.3 is 0 Å². The Morgan fingerprint density at radius 3 is 2.83 bits per heavy atom. The Kier molecular flexibility index (Phi) is 4.66. The second-order valence-corrected chi connectivity index (χ2v) is 8.20. The first-order chi connectivity index (χ1) is 11.4. The van der Waals surface area contributed by atoms with E-state index in [-0.39, 0.29) is 6.54 Å². The van der Waals surface area contributed by atoms with Crippen molar-refractivity contribution in [1.29, 1.82) is 0 Å². The summed E-state index contributed by atoms with van der Waals surface area (Å²) in [6, 6.07) is 4.32. The Morgan fingerprint density at radius 2 is 2.17 bits per heavy atom. The molecule has 1 aromatic carbocycles. The van der Waals surface area contributed by atoms with Crippen LogP contribution in [0.5, 0.6) is 0 Å². The molecule has 24 heavy (non-hydrogen) atoms. The Bertz CT molecular complexity index is 866. The van der Waals surface area contributed by atoms with E-state index in [0.717, 1.165) is 16.1 Å². The Balaban J connectivity index is 1.85. The van der Waals surface area contributed by atoms with Crippen LogP contribution in [0.4, 0.5) is 9.52 Å². The van der Waals surface area contributed by atoms with Crippen LogP contribution in [0.2, 0.25) is 0 Å². The van der Waals surface area contributed by atoms with Gasteiger partial charge in [-0.15, -0.1) is 11.3 Å². The molecule has 1 aromatic heterocycles. The molecule has 3 rings (SSSR count). The lowest BCUT2D eigenvalue weighted by Crippen LogP contribution is -2.43. The van der Waals surface area contributed by atoms with Gasteiger partial charge in [0.2, 0.25) is 15.9 Å². The fourth-order valence-corrected chi connectivity index (χ4v) is 5.08. The number of hydrogen-bond acceptors (Lipinski definition) is 5. The lowest BCUT2D eigenvalue weighted by Gasteiger charge is -2.23. The van der Waals surface area contributed by atoms with Crippen LogP contribution in [0.25, 0.3) is 0 Å². The maximum absolute atomic E-state index is 13.9. The van der Waals surface area contributed by atoms with E-state index in [0.29, 0.717) is 18.0 Å². The Hall–Kier alpha value is -1.84. The molecule has 0 saturated carbocycles. The van der Waals surface area contributed by atoms with Crippen LogP contribution in [0, 0.1) is 12.7 Å². The van der Waals surface area contributed by atoms with Gasteiger partial charge in [-0.25, -0.2) is 17.8 Å². The molecule has 9 heteroatoms. The summed E-state index contributed by atoms with van der Waals surface area (Å²) in [4.78, 5) is 16.2. The number of hydrogen-bond donors (Lipinski definition) is 1. The first-order valence-corrected chi connectivity index (χ1v) is 9.71. The van der Waals surface area contributed by atoms with Crippen molar-refractivity contribution in [2.75, 3.05) is 11.9 Å². The van der Waals surface area contributed by atoms with Crippen LogP contribution >= 0.6 is 11.3 Å². The van der Waals surface area contributed by atoms with Crippen LogP contribution in [-0.2, 0) is 14.8 Å². The molecule has 2 heterocycles. The third kappa shape index (κ3) is 3.19. The lowest BCUT2D eigenvalue weighted by atomic mass is 10.2. The molecule has 1 aliphatic heterocycles. The second kappa shape index (κ2) is 6.58. The number of aromatic nitrogens is 1. The van der Waals surface area contributed by atoms with Gasteiger partial charge in [-0.1, -0.05) is 12.1 Å². The predicted octanol–water partition coefficient (Wildman–Crippen LogP) is 2.38. The number of nitrogens with one attached hydrogen (secondary N) is 1. The van der Waals surface area contributed by atoms with Crippen molar-refractivity contribution in [1.82, 2.24) is 9.29 Å². The average Bonchev–Trinajstić information content (AvgIpc) is 3.17. The summed E-state index contributed by atoms with van der Waals surface area (Å²) in [6.45, 7) is 1.99. The molecule has 1 unspecified atom stereocenters. The third-order valence-corrected chi connectivity index (χ3v) is 6.60. The summed E-state index contributed by atoms with van der Waals surface area (Å²) in [6.07, 6.45) is 0.937. The molecule has 0 aliphatic carbocycles. The highest BCUT2D eigenvalue weighted by Gasteiger charge is 2.40. The summed E-state index contributed by atoms with van der Waals surface area (Å²) >= 11 is 1.27. The Morgan fingerprint density at radius 1 is 1.42 bits per heavy atom. The summed E-state index contributed by atoms with van der Waals surface area (Å²) in [5.74, 6) is -1.26. The molecule has 0 bridgehead atoms. The number of rotatable bonds is 4. The number of benzene rings is 1. The third-order valence-electron chi connectivity index (χ3n) is 3.78. The Labute approximate surface area is 143 Å². The molecule has 1 aliphatic rings. The molecule has 1 fully saturated rings. The van der Waals surface area contributed by atoms with E-state index in [9.17, 15) is 17.6 Å². The zero-order valence-electron chi connectivity index (χ0n) is 12.9. The zero-order valence-corrected chi connectivity index (χ0v) is 14.5. The van der Waals surface area contributed by atoms with Crippen molar-refractivity contribution in [3.8, 4) is 0 Å². The first-order valence-electron chi connectivity index (χ1n) is 7.39. The van der Waals surface area contributed by atoms with Gasteiger partial charge in [0.25, 0.3) is 0 Å². The van der Waals surface area contributed by atoms with Crippen LogP contribution in [0.15, 0.2) is 34.5 Å². The van der Waals surface area contributed by atoms with E-state index in [1.807, 2.05) is 0 Å². The van der Waals surface area contributed by atoms with E-state index >= 15 is 0 Å². The van der Waals surface area contributed by atoms with Gasteiger partial charge in [0.05, 0.1) is 5.69 Å². The molecule has 128 valence electrons. The largest absolute Gasteiger partial charge is 0.301 e. The van der Waals surface area contributed by atoms with Crippen LogP contribution in [0.1, 0.15) is 18.5 Å². The van der Waals surface area contributed by atoms with Crippen LogP contribution < -0.4 is 5.32 Å². The van der Waals surface area contributed by atoms with Gasteiger partial charge in [-0.3, -0.25) is 4.79 Å². The molecular weight excluding hydrogens is 353 g/mol. The minimum Gasteiger partial charge on any atom is -0.301 e. The summed E-state index contributed by atoms with van der Waals surface area (Å²) in [5, 5.41) is 4.85. The highest BCUT2D eigenvalue weighted by Crippen LogP contribution is 2.28. The van der Waals surface area contributed by atoms with E-state index in [4.69, 9.17) is 0 Å². The van der Waals surface area contributed by atoms with Crippen molar-refractivity contribution in [2.45, 2.75) is 30.7 Å². The van der Waals surface area contributed by atoms with E-state index in [1.54, 1.807) is 12.3 Å². The fraction of sp³-hybridized carbons (Fsp3) is 0.333. The maximum Gasteiger partial charge on any atom is 0.246 e. The number of aryl methyl sites for hydroxylation is 1. The zero-order chi connectivity index (χ0) is 17.3. The number of sulfonamides is 1. The monoisotopic (exact) mass is 369 g/mol. The molecule has 1 atom stereocenters. The smallest absolute Gasteiger partial charge is 0.246 e. The van der Waals surface area contributed by atoms with Crippen molar-refractivity contribution in [3.63, 3.8) is 0 Å². The average molecular weight is 369 g/mol. The predicted molar refractivity (Wildman–Crippen MR) is 88.8 cm³/mol. The summed E-state index contributed by atoms with van der Waals surface area (Å²) in [7, 11) is -4.07. The van der Waals surface area contributed by atoms with Gasteiger partial charge < -0.3 is 5.32 Å². The summed E-state index contributed by atoms with van der Waals surface area (Å²) < 4.78 is 40.4. The number of carbonyl (C=O) groups excluding carboxylic acids is 1. The van der Waals surface area contributed by atoms with E-state index in [1.165, 1.54) is 29.5 Å². The molecule has 0 radical (unpaired) electrons. The standard InChI is InChI=1S/C15H16FN3O3S2/c1-10-9-23-15(17-10)18-14(20)12-6-4-8-19(12)24(21,22)13-7-3-2-5-11(13)16/h2-3,5,7,9,12H,4,6,8H2,1H3,(H,17,18,20). The number of thiazole rings is 1. The highest BCUT2D eigenvalue weighted by atomic mass is 32.2. The molecular formula is C15H16FN3O3S2. The fourth-order valence-electron chi connectivity index (χ4n) is 2.67. The second-order valence-electron chi connectivity index (χ2n) is 5.49. The summed E-state index contributed by atoms with van der Waals surface area (Å²) in [5.41, 5.74) is 0.776. The quantitative estimate of drug-likeness (QED) is 0.897. The van der Waals surface area contributed by atoms with Crippen molar-refractivity contribution >= 4 is 32.4 Å². The van der Waals surface area contributed by atoms with Gasteiger partial charge in [0.15, 0.2) is 5.13 Å². The molecule has 2 aromatic rings. The van der Waals surface area contributed by atoms with Crippen LogP contribution in [0.3, 0.4) is 0 Å². The minimum atomic E-state index is -4.07. The lowest BCUT2D eigenvalue weighted by molar-refractivity contribution is -0.119.